The molecule has 0 aliphatic carbocycles. The van der Waals surface area contributed by atoms with Crippen LogP contribution in [0.25, 0.3) is 0 Å². The Bertz CT molecular complexity index is 562. The van der Waals surface area contributed by atoms with Crippen molar-refractivity contribution in [1.82, 2.24) is 0 Å². The van der Waals surface area contributed by atoms with E-state index in [2.05, 4.69) is 21.2 Å². The molecule has 0 radical (unpaired) electrons. The highest BCUT2D eigenvalue weighted by Crippen LogP contribution is 2.22. The molecule has 0 aliphatic heterocycles. The third kappa shape index (κ3) is 2.96. The van der Waals surface area contributed by atoms with Crippen LogP contribution < -0.4 is 5.32 Å². The average Bonchev–Trinajstić information content (AvgIpc) is 2.70. The second-order valence-electron chi connectivity index (χ2n) is 3.91. The predicted octanol–water partition coefficient (Wildman–Crippen LogP) is 4.38. The van der Waals surface area contributed by atoms with Crippen LogP contribution in [0.4, 0.5) is 5.69 Å². The molecule has 2 rings (SSSR count). The van der Waals surface area contributed by atoms with Crippen molar-refractivity contribution in [2.24, 2.45) is 0 Å². The van der Waals surface area contributed by atoms with E-state index >= 15 is 0 Å². The molecular weight excluding hydrogens is 298 g/mol. The van der Waals surface area contributed by atoms with Crippen molar-refractivity contribution < 1.29 is 4.79 Å². The molecule has 0 saturated carbocycles. The van der Waals surface area contributed by atoms with Crippen LogP contribution in [0, 0.1) is 13.8 Å². The maximum atomic E-state index is 12.0. The van der Waals surface area contributed by atoms with Gasteiger partial charge < -0.3 is 5.32 Å². The van der Waals surface area contributed by atoms with Crippen molar-refractivity contribution >= 4 is 38.9 Å². The molecule has 0 spiro atoms. The monoisotopic (exact) mass is 309 g/mol. The lowest BCUT2D eigenvalue weighted by Gasteiger charge is -2.08. The summed E-state index contributed by atoms with van der Waals surface area (Å²) in [5.41, 5.74) is 3.76. The van der Waals surface area contributed by atoms with Gasteiger partial charge in [-0.3, -0.25) is 4.79 Å². The van der Waals surface area contributed by atoms with Crippen molar-refractivity contribution in [3.63, 3.8) is 0 Å². The van der Waals surface area contributed by atoms with Gasteiger partial charge in [-0.15, -0.1) is 11.3 Å². The number of benzene rings is 1. The second kappa shape index (κ2) is 5.02. The molecule has 0 aliphatic rings. The smallest absolute Gasteiger partial charge is 0.256 e. The first-order valence-corrected chi connectivity index (χ1v) is 6.86. The SMILES string of the molecule is Cc1ccc(C)c(NC(=O)c2csc(Br)c2)c1. The highest BCUT2D eigenvalue weighted by molar-refractivity contribution is 9.11. The van der Waals surface area contributed by atoms with Crippen LogP contribution in [0.15, 0.2) is 33.4 Å². The van der Waals surface area contributed by atoms with E-state index in [0.717, 1.165) is 20.6 Å². The fraction of sp³-hybridized carbons (Fsp3) is 0.154. The van der Waals surface area contributed by atoms with Gasteiger partial charge in [0.1, 0.15) is 0 Å². The minimum absolute atomic E-state index is 0.0688. The van der Waals surface area contributed by atoms with Crippen LogP contribution in [0.3, 0.4) is 0 Å². The summed E-state index contributed by atoms with van der Waals surface area (Å²) in [6, 6.07) is 7.85. The summed E-state index contributed by atoms with van der Waals surface area (Å²) in [4.78, 5) is 12.0. The van der Waals surface area contributed by atoms with E-state index in [1.54, 1.807) is 0 Å². The van der Waals surface area contributed by atoms with Crippen molar-refractivity contribution in [2.75, 3.05) is 5.32 Å². The predicted molar refractivity (Wildman–Crippen MR) is 75.9 cm³/mol. The molecule has 0 fully saturated rings. The summed E-state index contributed by atoms with van der Waals surface area (Å²) in [5, 5.41) is 4.77. The lowest BCUT2D eigenvalue weighted by molar-refractivity contribution is 0.102. The van der Waals surface area contributed by atoms with Gasteiger partial charge in [0.15, 0.2) is 0 Å². The first kappa shape index (κ1) is 12.3. The Morgan fingerprint density at radius 3 is 2.71 bits per heavy atom. The number of carbonyl (C=O) groups excluding carboxylic acids is 1. The standard InChI is InChI=1S/C13H12BrNOS/c1-8-3-4-9(2)11(5-8)15-13(16)10-6-12(14)17-7-10/h3-7H,1-2H3,(H,15,16). The van der Waals surface area contributed by atoms with Gasteiger partial charge >= 0.3 is 0 Å². The van der Waals surface area contributed by atoms with E-state index in [4.69, 9.17) is 0 Å². The summed E-state index contributed by atoms with van der Waals surface area (Å²) in [7, 11) is 0. The van der Waals surface area contributed by atoms with Crippen LogP contribution in [-0.2, 0) is 0 Å². The molecule has 0 atom stereocenters. The van der Waals surface area contributed by atoms with Gasteiger partial charge in [-0.1, -0.05) is 12.1 Å². The summed E-state index contributed by atoms with van der Waals surface area (Å²) in [6.45, 7) is 3.99. The highest BCUT2D eigenvalue weighted by atomic mass is 79.9. The Labute approximate surface area is 113 Å². The van der Waals surface area contributed by atoms with Crippen molar-refractivity contribution in [3.8, 4) is 0 Å². The van der Waals surface area contributed by atoms with Crippen molar-refractivity contribution in [3.05, 3.63) is 50.1 Å². The topological polar surface area (TPSA) is 29.1 Å². The van der Waals surface area contributed by atoms with E-state index in [9.17, 15) is 4.79 Å². The Kier molecular flexibility index (Phi) is 3.64. The fourth-order valence-corrected chi connectivity index (χ4v) is 2.63. The fourth-order valence-electron chi connectivity index (χ4n) is 1.49. The Morgan fingerprint density at radius 1 is 1.29 bits per heavy atom. The van der Waals surface area contributed by atoms with E-state index in [1.807, 2.05) is 43.5 Å². The molecular formula is C13H12BrNOS. The molecule has 4 heteroatoms. The molecule has 2 aromatic rings. The highest BCUT2D eigenvalue weighted by Gasteiger charge is 2.09. The van der Waals surface area contributed by atoms with Crippen molar-refractivity contribution in [1.29, 1.82) is 0 Å². The van der Waals surface area contributed by atoms with Crippen molar-refractivity contribution in [2.45, 2.75) is 13.8 Å². The Hall–Kier alpha value is -1.13. The minimum atomic E-state index is -0.0688. The number of hydrogen-bond donors (Lipinski definition) is 1. The van der Waals surface area contributed by atoms with Gasteiger partial charge in [0.05, 0.1) is 9.35 Å². The first-order chi connectivity index (χ1) is 8.06. The summed E-state index contributed by atoms with van der Waals surface area (Å²) in [5.74, 6) is -0.0688. The van der Waals surface area contributed by atoms with Crippen LogP contribution >= 0.6 is 27.3 Å². The van der Waals surface area contributed by atoms with Crippen LogP contribution in [0.1, 0.15) is 21.5 Å². The molecule has 0 bridgehead atoms. The van der Waals surface area contributed by atoms with Gasteiger partial charge in [-0.25, -0.2) is 0 Å². The Morgan fingerprint density at radius 2 is 2.06 bits per heavy atom. The van der Waals surface area contributed by atoms with Gasteiger partial charge in [0, 0.05) is 11.1 Å². The average molecular weight is 310 g/mol. The maximum Gasteiger partial charge on any atom is 0.256 e. The number of anilines is 1. The van der Waals surface area contributed by atoms with E-state index in [0.29, 0.717) is 5.56 Å². The summed E-state index contributed by atoms with van der Waals surface area (Å²) >= 11 is 4.86. The quantitative estimate of drug-likeness (QED) is 0.876. The number of thiophene rings is 1. The normalized spacial score (nSPS) is 10.3. The second-order valence-corrected chi connectivity index (χ2v) is 6.20. The maximum absolute atomic E-state index is 12.0. The van der Waals surface area contributed by atoms with E-state index in [-0.39, 0.29) is 5.91 Å². The lowest BCUT2D eigenvalue weighted by atomic mass is 10.1. The Balaban J connectivity index is 2.21. The zero-order valence-corrected chi connectivity index (χ0v) is 12.0. The van der Waals surface area contributed by atoms with Crippen LogP contribution in [0.5, 0.6) is 0 Å². The number of hydrogen-bond acceptors (Lipinski definition) is 2. The van der Waals surface area contributed by atoms with Gasteiger partial charge in [0.2, 0.25) is 0 Å². The van der Waals surface area contributed by atoms with E-state index < -0.39 is 0 Å². The largest absolute Gasteiger partial charge is 0.322 e. The van der Waals surface area contributed by atoms with Gasteiger partial charge in [-0.05, 0) is 53.0 Å². The lowest BCUT2D eigenvalue weighted by Crippen LogP contribution is -2.11. The molecule has 1 N–H and O–H groups in total. The number of aryl methyl sites for hydroxylation is 2. The summed E-state index contributed by atoms with van der Waals surface area (Å²) in [6.07, 6.45) is 0. The molecule has 1 amide bonds. The number of halogens is 1. The zero-order valence-electron chi connectivity index (χ0n) is 9.58. The number of carbonyl (C=O) groups is 1. The molecule has 2 nitrogen and oxygen atoms in total. The van der Waals surface area contributed by atoms with Crippen LogP contribution in [0.2, 0.25) is 0 Å². The molecule has 1 aromatic carbocycles. The number of nitrogens with one attached hydrogen (secondary N) is 1. The first-order valence-electron chi connectivity index (χ1n) is 5.19. The molecule has 1 heterocycles. The summed E-state index contributed by atoms with van der Waals surface area (Å²) < 4.78 is 0.962. The molecule has 0 unspecified atom stereocenters. The molecule has 1 aromatic heterocycles. The molecule has 17 heavy (non-hydrogen) atoms. The minimum Gasteiger partial charge on any atom is -0.322 e. The zero-order chi connectivity index (χ0) is 12.4. The van der Waals surface area contributed by atoms with Crippen LogP contribution in [-0.4, -0.2) is 5.91 Å². The molecule has 0 saturated heterocycles. The third-order valence-electron chi connectivity index (χ3n) is 2.47. The van der Waals surface area contributed by atoms with E-state index in [1.165, 1.54) is 11.3 Å². The third-order valence-corrected chi connectivity index (χ3v) is 3.98. The number of rotatable bonds is 2. The van der Waals surface area contributed by atoms with Gasteiger partial charge in [-0.2, -0.15) is 0 Å². The molecule has 88 valence electrons. The van der Waals surface area contributed by atoms with Gasteiger partial charge in [0.25, 0.3) is 5.91 Å². The number of amides is 1.